The van der Waals surface area contributed by atoms with E-state index in [1.807, 2.05) is 0 Å². The Labute approximate surface area is 139 Å². The Morgan fingerprint density at radius 2 is 2.05 bits per heavy atom. The van der Waals surface area contributed by atoms with Gasteiger partial charge in [0, 0.05) is 29.3 Å². The number of nitro benzene ring substituents is 1. The maximum absolute atomic E-state index is 10.8. The Hall–Kier alpha value is -0.330. The van der Waals surface area contributed by atoms with Gasteiger partial charge in [-0.05, 0) is 38.3 Å². The molecular weight excluding hydrogens is 413 g/mol. The molecule has 0 aromatic heterocycles. The summed E-state index contributed by atoms with van der Waals surface area (Å²) >= 11 is 12.9. The summed E-state index contributed by atoms with van der Waals surface area (Å²) in [6.07, 6.45) is 1.72. The summed E-state index contributed by atoms with van der Waals surface area (Å²) in [7, 11) is 0. The van der Waals surface area contributed by atoms with Gasteiger partial charge in [-0.15, -0.1) is 11.6 Å². The quantitative estimate of drug-likeness (QED) is 0.372. The van der Waals surface area contributed by atoms with E-state index < -0.39 is 4.92 Å². The first-order valence-electron chi connectivity index (χ1n) is 6.23. The van der Waals surface area contributed by atoms with Crippen LogP contribution in [0, 0.1) is 15.5 Å². The molecule has 0 amide bonds. The Kier molecular flexibility index (Phi) is 4.66. The van der Waals surface area contributed by atoms with Crippen LogP contribution in [0.5, 0.6) is 5.75 Å². The van der Waals surface area contributed by atoms with Crippen LogP contribution in [0.15, 0.2) is 21.1 Å². The lowest BCUT2D eigenvalue weighted by atomic mass is 9.65. The van der Waals surface area contributed by atoms with Crippen LogP contribution in [0.3, 0.4) is 0 Å². The second-order valence-electron chi connectivity index (χ2n) is 5.16. The van der Waals surface area contributed by atoms with Crippen LogP contribution in [-0.4, -0.2) is 16.4 Å². The molecule has 3 unspecified atom stereocenters. The van der Waals surface area contributed by atoms with Crippen LogP contribution >= 0.6 is 43.5 Å². The topological polar surface area (TPSA) is 52.4 Å². The minimum atomic E-state index is -0.437. The molecule has 0 bridgehead atoms. The number of hydrogen-bond donors (Lipinski definition) is 0. The van der Waals surface area contributed by atoms with E-state index in [1.54, 1.807) is 0 Å². The molecule has 20 heavy (non-hydrogen) atoms. The number of halogens is 3. The van der Waals surface area contributed by atoms with Crippen molar-refractivity contribution in [1.29, 1.82) is 0 Å². The Morgan fingerprint density at radius 1 is 1.50 bits per heavy atom. The largest absolute Gasteiger partial charge is 0.487 e. The molecule has 1 aromatic rings. The summed E-state index contributed by atoms with van der Waals surface area (Å²) in [5, 5.41) is 10.9. The fourth-order valence-corrected chi connectivity index (χ4v) is 4.11. The maximum Gasteiger partial charge on any atom is 0.271 e. The molecule has 0 radical (unpaired) electrons. The molecule has 0 N–H and O–H groups in total. The first-order chi connectivity index (χ1) is 9.29. The zero-order valence-electron chi connectivity index (χ0n) is 11.0. The van der Waals surface area contributed by atoms with Crippen molar-refractivity contribution in [1.82, 2.24) is 0 Å². The van der Waals surface area contributed by atoms with Crippen molar-refractivity contribution < 1.29 is 9.66 Å². The van der Waals surface area contributed by atoms with Gasteiger partial charge >= 0.3 is 0 Å². The lowest BCUT2D eigenvalue weighted by Gasteiger charge is -2.50. The third kappa shape index (κ3) is 2.70. The molecular formula is C13H14Br2ClNO3. The van der Waals surface area contributed by atoms with Crippen molar-refractivity contribution in [3.8, 4) is 5.75 Å². The van der Waals surface area contributed by atoms with Crippen LogP contribution in [0.25, 0.3) is 0 Å². The number of nitrogens with zero attached hydrogens (tertiary/aromatic N) is 1. The molecule has 0 spiro atoms. The number of alkyl halides is 1. The predicted molar refractivity (Wildman–Crippen MR) is 85.6 cm³/mol. The fourth-order valence-electron chi connectivity index (χ4n) is 2.31. The van der Waals surface area contributed by atoms with Gasteiger partial charge in [-0.1, -0.05) is 13.8 Å². The Bertz CT molecular complexity index is 531. The van der Waals surface area contributed by atoms with Crippen LogP contribution in [-0.2, 0) is 0 Å². The zero-order chi connectivity index (χ0) is 15.1. The monoisotopic (exact) mass is 425 g/mol. The van der Waals surface area contributed by atoms with Gasteiger partial charge in [0.2, 0.25) is 0 Å². The number of hydrogen-bond acceptors (Lipinski definition) is 3. The molecule has 4 nitrogen and oxygen atoms in total. The molecule has 0 aliphatic heterocycles. The van der Waals surface area contributed by atoms with Crippen molar-refractivity contribution >= 4 is 49.1 Å². The third-order valence-corrected chi connectivity index (χ3v) is 5.94. The van der Waals surface area contributed by atoms with Gasteiger partial charge in [-0.3, -0.25) is 10.1 Å². The molecule has 1 aromatic carbocycles. The Balaban J connectivity index is 2.25. The summed E-state index contributed by atoms with van der Waals surface area (Å²) in [5.74, 6) is 0.587. The summed E-state index contributed by atoms with van der Waals surface area (Å²) in [6.45, 7) is 4.19. The molecule has 7 heteroatoms. The lowest BCUT2D eigenvalue weighted by Crippen LogP contribution is -2.55. The maximum atomic E-state index is 10.8. The van der Waals surface area contributed by atoms with Crippen molar-refractivity contribution in [2.45, 2.75) is 38.2 Å². The number of benzene rings is 1. The Morgan fingerprint density at radius 3 is 2.45 bits per heavy atom. The third-order valence-electron chi connectivity index (χ3n) is 4.09. The van der Waals surface area contributed by atoms with E-state index in [-0.39, 0.29) is 22.6 Å². The number of ether oxygens (including phenoxy) is 1. The van der Waals surface area contributed by atoms with E-state index in [9.17, 15) is 10.1 Å². The highest BCUT2D eigenvalue weighted by molar-refractivity contribution is 9.11. The molecule has 0 saturated heterocycles. The van der Waals surface area contributed by atoms with E-state index in [2.05, 4.69) is 45.7 Å². The highest BCUT2D eigenvalue weighted by Crippen LogP contribution is 2.50. The van der Waals surface area contributed by atoms with Crippen molar-refractivity contribution in [2.75, 3.05) is 0 Å². The first kappa shape index (κ1) is 16.0. The minimum Gasteiger partial charge on any atom is -0.487 e. The highest BCUT2D eigenvalue weighted by atomic mass is 79.9. The van der Waals surface area contributed by atoms with Gasteiger partial charge in [-0.25, -0.2) is 0 Å². The minimum absolute atomic E-state index is 0.0122. The van der Waals surface area contributed by atoms with Gasteiger partial charge in [0.15, 0.2) is 0 Å². The standard InChI is InChI=1S/C13H14Br2ClNO3/c1-3-13(2)10(16)6-11(13)20-12-8(14)4-7(17(18)19)5-9(12)15/h4-5,10-11H,3,6H2,1-2H3. The smallest absolute Gasteiger partial charge is 0.271 e. The van der Waals surface area contributed by atoms with E-state index in [1.165, 1.54) is 12.1 Å². The molecule has 1 fully saturated rings. The van der Waals surface area contributed by atoms with E-state index >= 15 is 0 Å². The van der Waals surface area contributed by atoms with Crippen LogP contribution in [0.1, 0.15) is 26.7 Å². The average Bonchev–Trinajstić information content (AvgIpc) is 2.39. The summed E-state index contributed by atoms with van der Waals surface area (Å²) in [6, 6.07) is 2.89. The zero-order valence-corrected chi connectivity index (χ0v) is 15.0. The van der Waals surface area contributed by atoms with Crippen LogP contribution < -0.4 is 4.74 Å². The molecule has 0 heterocycles. The van der Waals surface area contributed by atoms with E-state index in [0.29, 0.717) is 14.7 Å². The molecule has 1 saturated carbocycles. The number of rotatable bonds is 4. The summed E-state index contributed by atoms with van der Waals surface area (Å²) in [5.41, 5.74) is -0.0550. The molecule has 1 aliphatic carbocycles. The van der Waals surface area contributed by atoms with Gasteiger partial charge in [0.25, 0.3) is 5.69 Å². The number of nitro groups is 1. The van der Waals surface area contributed by atoms with Crippen LogP contribution in [0.2, 0.25) is 0 Å². The predicted octanol–water partition coefficient (Wildman–Crippen LogP) is 5.29. The summed E-state index contributed by atoms with van der Waals surface area (Å²) < 4.78 is 7.15. The van der Waals surface area contributed by atoms with E-state index in [4.69, 9.17) is 16.3 Å². The average molecular weight is 428 g/mol. The van der Waals surface area contributed by atoms with Crippen LogP contribution in [0.4, 0.5) is 5.69 Å². The molecule has 110 valence electrons. The first-order valence-corrected chi connectivity index (χ1v) is 8.26. The second kappa shape index (κ2) is 5.81. The highest BCUT2D eigenvalue weighted by Gasteiger charge is 2.51. The van der Waals surface area contributed by atoms with Gasteiger partial charge in [0.1, 0.15) is 11.9 Å². The van der Waals surface area contributed by atoms with Crippen molar-refractivity contribution in [3.63, 3.8) is 0 Å². The number of non-ortho nitro benzene ring substituents is 1. The SMILES string of the molecule is CCC1(C)C(Cl)CC1Oc1c(Br)cc([N+](=O)[O-])cc1Br. The van der Waals surface area contributed by atoms with Gasteiger partial charge < -0.3 is 4.74 Å². The van der Waals surface area contributed by atoms with Crippen molar-refractivity contribution in [3.05, 3.63) is 31.2 Å². The van der Waals surface area contributed by atoms with E-state index in [0.717, 1.165) is 12.8 Å². The molecule has 1 aliphatic rings. The second-order valence-corrected chi connectivity index (χ2v) is 7.40. The summed E-state index contributed by atoms with van der Waals surface area (Å²) in [4.78, 5) is 10.4. The van der Waals surface area contributed by atoms with Gasteiger partial charge in [-0.2, -0.15) is 0 Å². The lowest BCUT2D eigenvalue weighted by molar-refractivity contribution is -0.385. The van der Waals surface area contributed by atoms with Gasteiger partial charge in [0.05, 0.1) is 13.9 Å². The normalized spacial score (nSPS) is 28.9. The molecule has 3 atom stereocenters. The van der Waals surface area contributed by atoms with Crippen molar-refractivity contribution in [2.24, 2.45) is 5.41 Å². The molecule has 2 rings (SSSR count). The fraction of sp³-hybridized carbons (Fsp3) is 0.538.